The molecule has 3 aromatic rings. The lowest BCUT2D eigenvalue weighted by atomic mass is 10.0. The second kappa shape index (κ2) is 6.33. The van der Waals surface area contributed by atoms with Crippen LogP contribution >= 0.6 is 11.6 Å². The molecule has 0 saturated carbocycles. The number of ketones is 1. The van der Waals surface area contributed by atoms with E-state index in [4.69, 9.17) is 21.1 Å². The van der Waals surface area contributed by atoms with E-state index in [2.05, 4.69) is 0 Å². The summed E-state index contributed by atoms with van der Waals surface area (Å²) in [7, 11) is 0. The molecule has 122 valence electrons. The van der Waals surface area contributed by atoms with Gasteiger partial charge in [-0.15, -0.1) is 0 Å². The molecule has 24 heavy (non-hydrogen) atoms. The largest absolute Gasteiger partial charge is 0.481 e. The molecular weight excluding hydrogens is 334 g/mol. The molecule has 0 aliphatic carbocycles. The van der Waals surface area contributed by atoms with Gasteiger partial charge in [0.2, 0.25) is 0 Å². The zero-order valence-electron chi connectivity index (χ0n) is 12.4. The number of carbonyl (C=O) groups is 2. The van der Waals surface area contributed by atoms with Gasteiger partial charge in [-0.3, -0.25) is 14.2 Å². The summed E-state index contributed by atoms with van der Waals surface area (Å²) < 4.78 is 6.36. The second-order valence-corrected chi connectivity index (χ2v) is 5.60. The number of fused-ring (bicyclic) bond motifs is 1. The summed E-state index contributed by atoms with van der Waals surface area (Å²) in [6.07, 6.45) is -0.247. The first-order chi connectivity index (χ1) is 11.5. The van der Waals surface area contributed by atoms with Gasteiger partial charge in [0, 0.05) is 17.1 Å². The Kier molecular flexibility index (Phi) is 4.22. The molecule has 0 aliphatic rings. The van der Waals surface area contributed by atoms with Gasteiger partial charge in [-0.05, 0) is 12.1 Å². The molecule has 0 spiro atoms. The summed E-state index contributed by atoms with van der Waals surface area (Å²) in [5, 5.41) is 9.05. The highest BCUT2D eigenvalue weighted by Crippen LogP contribution is 2.26. The number of oxazole rings is 1. The molecule has 1 N–H and O–H groups in total. The first-order valence-corrected chi connectivity index (χ1v) is 7.49. The Bertz CT molecular complexity index is 987. The quantitative estimate of drug-likeness (QED) is 0.718. The van der Waals surface area contributed by atoms with E-state index in [9.17, 15) is 14.4 Å². The number of hydrogen-bond donors (Lipinski definition) is 1. The molecule has 1 heterocycles. The van der Waals surface area contributed by atoms with Crippen LogP contribution in [0.3, 0.4) is 0 Å². The number of nitrogens with zero attached hydrogens (tertiary/aromatic N) is 1. The topological polar surface area (TPSA) is 89.5 Å². The van der Waals surface area contributed by atoms with Crippen LogP contribution < -0.4 is 5.76 Å². The summed E-state index contributed by atoms with van der Waals surface area (Å²) in [4.78, 5) is 35.4. The minimum absolute atomic E-state index is 0.0690. The number of carbonyl (C=O) groups excluding carboxylic acids is 1. The third-order valence-electron chi connectivity index (χ3n) is 3.56. The minimum Gasteiger partial charge on any atom is -0.481 e. The zero-order valence-corrected chi connectivity index (χ0v) is 13.1. The van der Waals surface area contributed by atoms with Crippen molar-refractivity contribution in [1.82, 2.24) is 4.57 Å². The van der Waals surface area contributed by atoms with Crippen molar-refractivity contribution in [1.29, 1.82) is 0 Å². The molecule has 0 unspecified atom stereocenters. The Morgan fingerprint density at radius 3 is 2.54 bits per heavy atom. The van der Waals surface area contributed by atoms with Gasteiger partial charge >= 0.3 is 11.7 Å². The second-order valence-electron chi connectivity index (χ2n) is 5.16. The maximum absolute atomic E-state index is 12.7. The Labute approximate surface area is 140 Å². The van der Waals surface area contributed by atoms with Crippen LogP contribution in [0.15, 0.2) is 51.7 Å². The van der Waals surface area contributed by atoms with Crippen molar-refractivity contribution >= 4 is 34.5 Å². The smallest absolute Gasteiger partial charge is 0.419 e. The van der Waals surface area contributed by atoms with Crippen molar-refractivity contribution in [2.75, 3.05) is 0 Å². The van der Waals surface area contributed by atoms with Gasteiger partial charge in [0.25, 0.3) is 0 Å². The normalized spacial score (nSPS) is 10.9. The summed E-state index contributed by atoms with van der Waals surface area (Å²) in [6, 6.07) is 11.4. The van der Waals surface area contributed by atoms with Gasteiger partial charge in [-0.1, -0.05) is 41.9 Å². The molecule has 3 rings (SSSR count). The number of hydrogen-bond acceptors (Lipinski definition) is 4. The van der Waals surface area contributed by atoms with Crippen LogP contribution in [0.5, 0.6) is 0 Å². The first-order valence-electron chi connectivity index (χ1n) is 7.12. The monoisotopic (exact) mass is 345 g/mol. The highest BCUT2D eigenvalue weighted by Gasteiger charge is 2.20. The van der Waals surface area contributed by atoms with Gasteiger partial charge in [0.15, 0.2) is 11.4 Å². The van der Waals surface area contributed by atoms with E-state index in [1.165, 1.54) is 12.1 Å². The van der Waals surface area contributed by atoms with Crippen molar-refractivity contribution in [2.45, 2.75) is 13.0 Å². The Hall–Kier alpha value is -2.86. The van der Waals surface area contributed by atoms with Crippen LogP contribution in [-0.4, -0.2) is 21.4 Å². The van der Waals surface area contributed by atoms with Crippen LogP contribution in [0.4, 0.5) is 0 Å². The third kappa shape index (κ3) is 2.96. The number of benzene rings is 2. The fourth-order valence-corrected chi connectivity index (χ4v) is 2.67. The van der Waals surface area contributed by atoms with Crippen molar-refractivity contribution < 1.29 is 19.1 Å². The number of aliphatic carboxylic acids is 1. The molecule has 0 saturated heterocycles. The molecule has 7 heteroatoms. The predicted molar refractivity (Wildman–Crippen MR) is 87.6 cm³/mol. The molecule has 0 radical (unpaired) electrons. The SMILES string of the molecule is O=C(O)CCn1c(=O)oc2c(C(=O)c3ccccc3)cc(Cl)cc21. The predicted octanol–water partition coefficient (Wildman–Crippen LogP) is 2.95. The van der Waals surface area contributed by atoms with E-state index in [0.29, 0.717) is 11.1 Å². The molecule has 0 amide bonds. The lowest BCUT2D eigenvalue weighted by molar-refractivity contribution is -0.137. The molecule has 6 nitrogen and oxygen atoms in total. The number of carboxylic acids is 1. The van der Waals surface area contributed by atoms with Gasteiger partial charge in [0.1, 0.15) is 0 Å². The zero-order chi connectivity index (χ0) is 17.3. The fourth-order valence-electron chi connectivity index (χ4n) is 2.46. The van der Waals surface area contributed by atoms with E-state index >= 15 is 0 Å². The maximum atomic E-state index is 12.7. The highest BCUT2D eigenvalue weighted by atomic mass is 35.5. The molecule has 2 aromatic carbocycles. The Morgan fingerprint density at radius 1 is 1.17 bits per heavy atom. The molecule has 0 bridgehead atoms. The third-order valence-corrected chi connectivity index (χ3v) is 3.78. The Morgan fingerprint density at radius 2 is 1.88 bits per heavy atom. The molecule has 0 aliphatic heterocycles. The minimum atomic E-state index is -1.04. The molecule has 0 fully saturated rings. The Balaban J connectivity index is 2.16. The number of carboxylic acid groups (broad SMARTS) is 1. The lowest BCUT2D eigenvalue weighted by Crippen LogP contribution is -2.16. The van der Waals surface area contributed by atoms with Crippen molar-refractivity contribution in [3.05, 3.63) is 69.2 Å². The number of halogens is 1. The van der Waals surface area contributed by atoms with E-state index in [0.717, 1.165) is 4.57 Å². The highest BCUT2D eigenvalue weighted by molar-refractivity contribution is 6.32. The lowest BCUT2D eigenvalue weighted by Gasteiger charge is -2.04. The van der Waals surface area contributed by atoms with E-state index in [-0.39, 0.29) is 34.9 Å². The van der Waals surface area contributed by atoms with Crippen LogP contribution in [0.2, 0.25) is 5.02 Å². The van der Waals surface area contributed by atoms with Crippen LogP contribution in [0, 0.1) is 0 Å². The van der Waals surface area contributed by atoms with E-state index in [1.807, 2.05) is 0 Å². The maximum Gasteiger partial charge on any atom is 0.419 e. The van der Waals surface area contributed by atoms with Gasteiger partial charge in [-0.25, -0.2) is 4.79 Å². The van der Waals surface area contributed by atoms with Gasteiger partial charge in [-0.2, -0.15) is 0 Å². The van der Waals surface area contributed by atoms with E-state index in [1.54, 1.807) is 30.3 Å². The van der Waals surface area contributed by atoms with Crippen molar-refractivity contribution in [3.8, 4) is 0 Å². The number of rotatable bonds is 5. The standard InChI is InChI=1S/C17H12ClNO5/c18-11-8-12(15(22)10-4-2-1-3-5-10)16-13(9-11)19(17(23)24-16)7-6-14(20)21/h1-5,8-9H,6-7H2,(H,20,21). The van der Waals surface area contributed by atoms with Crippen molar-refractivity contribution in [2.24, 2.45) is 0 Å². The summed E-state index contributed by atoms with van der Waals surface area (Å²) in [5.74, 6) is -2.10. The fraction of sp³-hybridized carbons (Fsp3) is 0.118. The van der Waals surface area contributed by atoms with E-state index < -0.39 is 11.7 Å². The van der Waals surface area contributed by atoms with Crippen LogP contribution in [0.1, 0.15) is 22.3 Å². The molecule has 1 aromatic heterocycles. The summed E-state index contributed by atoms with van der Waals surface area (Å²) in [5.41, 5.74) is 0.994. The van der Waals surface area contributed by atoms with Gasteiger partial charge in [0.05, 0.1) is 17.5 Å². The number of aromatic nitrogens is 1. The van der Waals surface area contributed by atoms with Gasteiger partial charge < -0.3 is 9.52 Å². The van der Waals surface area contributed by atoms with Crippen LogP contribution in [-0.2, 0) is 11.3 Å². The average Bonchev–Trinajstić information content (AvgIpc) is 2.87. The first kappa shape index (κ1) is 16.0. The van der Waals surface area contributed by atoms with Crippen LogP contribution in [0.25, 0.3) is 11.1 Å². The van der Waals surface area contributed by atoms with Crippen molar-refractivity contribution in [3.63, 3.8) is 0 Å². The molecular formula is C17H12ClNO5. The summed E-state index contributed by atoms with van der Waals surface area (Å²) in [6.45, 7) is -0.0690. The number of aryl methyl sites for hydroxylation is 1. The summed E-state index contributed by atoms with van der Waals surface area (Å²) >= 11 is 6.07. The molecule has 0 atom stereocenters. The average molecular weight is 346 g/mol.